The molecule has 0 aliphatic heterocycles. The molecule has 0 aromatic carbocycles. The molecule has 9 nitrogen and oxygen atoms in total. The van der Waals surface area contributed by atoms with Crippen molar-refractivity contribution in [1.82, 2.24) is 5.32 Å². The Morgan fingerprint density at radius 2 is 0.701 bits per heavy atom. The van der Waals surface area contributed by atoms with Gasteiger partial charge in [0.25, 0.3) is 0 Å². The molecule has 0 radical (unpaired) electrons. The highest BCUT2D eigenvalue weighted by atomic mass is 31.2. The van der Waals surface area contributed by atoms with Crippen molar-refractivity contribution < 1.29 is 37.3 Å². The zero-order valence-corrected chi connectivity index (χ0v) is 59.7. The van der Waals surface area contributed by atoms with E-state index in [-0.39, 0.29) is 25.1 Å². The van der Waals surface area contributed by atoms with E-state index < -0.39 is 20.0 Å². The lowest BCUT2D eigenvalue weighted by atomic mass is 10.0. The van der Waals surface area contributed by atoms with Gasteiger partial charge in [-0.3, -0.25) is 18.6 Å². The lowest BCUT2D eigenvalue weighted by molar-refractivity contribution is -0.870. The van der Waals surface area contributed by atoms with Gasteiger partial charge in [0.2, 0.25) is 5.91 Å². The van der Waals surface area contributed by atoms with E-state index in [0.717, 1.165) is 70.6 Å². The molecular formula is C77H148N2O7P+. The molecule has 0 aromatic rings. The number of phosphoric ester groups is 1. The fourth-order valence-corrected chi connectivity index (χ4v) is 12.2. The lowest BCUT2D eigenvalue weighted by Gasteiger charge is -2.27. The first kappa shape index (κ1) is 85.0. The standard InChI is InChI=1S/C77H147N2O7P/c1-7-10-13-16-19-22-25-27-29-31-33-35-37-38-39-40-42-44-46-48-50-52-55-58-61-64-67-70-77(81)86-75(68-65-62-59-56-53-24-21-18-15-12-9-3)74(73-85-87(82,83)84-72-71-79(4,5)6)78-76(80)69-66-63-60-57-54-51-49-47-45-43-41-36-34-32-30-28-26-23-20-17-14-11-8-2/h20,23,28,30,34,36,65,68,74-75H,7-19,21-22,24-27,29,31-33,35,37-64,66-67,69-73H2,1-6H3,(H-,78,80,82,83)/p+1/b23-20-,30-28-,36-34-,68-65+. The quantitative estimate of drug-likeness (QED) is 0.0205. The Bertz CT molecular complexity index is 1620. The molecule has 0 bridgehead atoms. The molecule has 0 aromatic heterocycles. The molecule has 87 heavy (non-hydrogen) atoms. The van der Waals surface area contributed by atoms with Crippen molar-refractivity contribution in [2.75, 3.05) is 40.9 Å². The van der Waals surface area contributed by atoms with Crippen LogP contribution in [0.15, 0.2) is 48.6 Å². The van der Waals surface area contributed by atoms with Crippen LogP contribution in [0, 0.1) is 0 Å². The Labute approximate surface area is 541 Å². The summed E-state index contributed by atoms with van der Waals surface area (Å²) in [4.78, 5) is 37.9. The second-order valence-electron chi connectivity index (χ2n) is 27.2. The number of unbranched alkanes of at least 4 members (excludes halogenated alkanes) is 48. The zero-order valence-electron chi connectivity index (χ0n) is 58.8. The first-order valence-electron chi connectivity index (χ1n) is 38.0. The van der Waals surface area contributed by atoms with Crippen LogP contribution >= 0.6 is 7.82 Å². The van der Waals surface area contributed by atoms with Crippen LogP contribution in [0.4, 0.5) is 0 Å². The van der Waals surface area contributed by atoms with Crippen LogP contribution in [0.2, 0.25) is 0 Å². The number of carbonyl (C=O) groups excluding carboxylic acids is 2. The predicted octanol–water partition coefficient (Wildman–Crippen LogP) is 24.4. The highest BCUT2D eigenvalue weighted by molar-refractivity contribution is 7.47. The third kappa shape index (κ3) is 68.2. The van der Waals surface area contributed by atoms with Gasteiger partial charge in [0.05, 0.1) is 33.8 Å². The average Bonchev–Trinajstić information content (AvgIpc) is 3.70. The Morgan fingerprint density at radius 3 is 1.07 bits per heavy atom. The Morgan fingerprint density at radius 1 is 0.402 bits per heavy atom. The van der Waals surface area contributed by atoms with Crippen molar-refractivity contribution in [3.8, 4) is 0 Å². The molecule has 0 spiro atoms. The number of nitrogens with zero attached hydrogens (tertiary/aromatic N) is 1. The Hall–Kier alpha value is -2.03. The Balaban J connectivity index is 4.91. The minimum atomic E-state index is -4.45. The summed E-state index contributed by atoms with van der Waals surface area (Å²) in [6.07, 6.45) is 85.7. The lowest BCUT2D eigenvalue weighted by Crippen LogP contribution is -2.47. The Kier molecular flexibility index (Phi) is 65.3. The number of likely N-dealkylation sites (N-methyl/N-ethyl adjacent to an activating group) is 1. The summed E-state index contributed by atoms with van der Waals surface area (Å²) in [5.74, 6) is -0.491. The molecule has 0 fully saturated rings. The van der Waals surface area contributed by atoms with Gasteiger partial charge >= 0.3 is 13.8 Å². The topological polar surface area (TPSA) is 111 Å². The van der Waals surface area contributed by atoms with Gasteiger partial charge in [0, 0.05) is 12.8 Å². The zero-order chi connectivity index (χ0) is 63.5. The minimum absolute atomic E-state index is 0.0410. The van der Waals surface area contributed by atoms with E-state index in [1.54, 1.807) is 0 Å². The van der Waals surface area contributed by atoms with Crippen LogP contribution in [-0.4, -0.2) is 74.3 Å². The summed E-state index contributed by atoms with van der Waals surface area (Å²) in [6, 6.07) is -0.849. The number of esters is 1. The highest BCUT2D eigenvalue weighted by Gasteiger charge is 2.30. The molecule has 3 atom stereocenters. The predicted molar refractivity (Wildman–Crippen MR) is 379 cm³/mol. The second kappa shape index (κ2) is 66.9. The van der Waals surface area contributed by atoms with Crippen molar-refractivity contribution in [3.63, 3.8) is 0 Å². The number of quaternary nitrogens is 1. The number of nitrogens with one attached hydrogen (secondary N) is 1. The molecule has 0 aliphatic carbocycles. The van der Waals surface area contributed by atoms with Crippen molar-refractivity contribution in [2.45, 2.75) is 392 Å². The number of allylic oxidation sites excluding steroid dienone is 7. The number of amides is 1. The maximum atomic E-state index is 13.6. The maximum absolute atomic E-state index is 13.6. The van der Waals surface area contributed by atoms with Gasteiger partial charge in [-0.1, -0.05) is 346 Å². The monoisotopic (exact) mass is 1240 g/mol. The van der Waals surface area contributed by atoms with Gasteiger partial charge < -0.3 is 19.4 Å². The number of hydrogen-bond acceptors (Lipinski definition) is 6. The van der Waals surface area contributed by atoms with Crippen molar-refractivity contribution in [1.29, 1.82) is 0 Å². The van der Waals surface area contributed by atoms with E-state index in [4.69, 9.17) is 13.8 Å². The molecule has 0 saturated heterocycles. The molecule has 2 N–H and O–H groups in total. The van der Waals surface area contributed by atoms with E-state index in [0.29, 0.717) is 23.9 Å². The van der Waals surface area contributed by atoms with Gasteiger partial charge in [0.15, 0.2) is 0 Å². The van der Waals surface area contributed by atoms with Crippen LogP contribution < -0.4 is 5.32 Å². The highest BCUT2D eigenvalue weighted by Crippen LogP contribution is 2.43. The fourth-order valence-electron chi connectivity index (χ4n) is 11.4. The van der Waals surface area contributed by atoms with Crippen LogP contribution in [0.25, 0.3) is 0 Å². The van der Waals surface area contributed by atoms with Crippen LogP contribution in [0.1, 0.15) is 380 Å². The first-order valence-corrected chi connectivity index (χ1v) is 39.5. The number of rotatable bonds is 70. The molecule has 0 aliphatic rings. The SMILES string of the molecule is CCCCC/C=C\C/C=C\C/C=C\CCCCCCCCCCCCC(=O)NC(COP(=O)(O)OCC[N+](C)(C)C)C(/C=C/CCCCCCCCCCC)OC(=O)CCCCCCCCCCCCCCCCCCCCCCCCCCCCC. The summed E-state index contributed by atoms with van der Waals surface area (Å²) in [5.41, 5.74) is 0. The van der Waals surface area contributed by atoms with Gasteiger partial charge in [-0.05, 0) is 70.3 Å². The first-order chi connectivity index (χ1) is 42.4. The normalized spacial score (nSPS) is 13.7. The third-order valence-corrected chi connectivity index (χ3v) is 18.3. The van der Waals surface area contributed by atoms with E-state index in [1.807, 2.05) is 33.3 Å². The van der Waals surface area contributed by atoms with E-state index >= 15 is 0 Å². The van der Waals surface area contributed by atoms with Crippen molar-refractivity contribution in [3.05, 3.63) is 48.6 Å². The van der Waals surface area contributed by atoms with Gasteiger partial charge in [0.1, 0.15) is 19.3 Å². The van der Waals surface area contributed by atoms with Gasteiger partial charge in [-0.2, -0.15) is 0 Å². The van der Waals surface area contributed by atoms with Crippen LogP contribution in [-0.2, 0) is 27.9 Å². The largest absolute Gasteiger partial charge is 0.472 e. The molecule has 512 valence electrons. The number of ether oxygens (including phenoxy) is 1. The van der Waals surface area contributed by atoms with E-state index in [2.05, 4.69) is 62.5 Å². The second-order valence-corrected chi connectivity index (χ2v) is 28.6. The summed E-state index contributed by atoms with van der Waals surface area (Å²) in [6.45, 7) is 7.04. The van der Waals surface area contributed by atoms with E-state index in [1.165, 1.54) is 276 Å². The maximum Gasteiger partial charge on any atom is 0.472 e. The molecule has 0 saturated carbocycles. The fraction of sp³-hybridized carbons (Fsp3) is 0.870. The number of hydrogen-bond donors (Lipinski definition) is 2. The molecule has 10 heteroatoms. The molecule has 3 unspecified atom stereocenters. The summed E-state index contributed by atoms with van der Waals surface area (Å²) >= 11 is 0. The average molecular weight is 1250 g/mol. The molecule has 0 rings (SSSR count). The van der Waals surface area contributed by atoms with Crippen molar-refractivity contribution in [2.24, 2.45) is 0 Å². The summed E-state index contributed by atoms with van der Waals surface area (Å²) < 4.78 is 30.9. The third-order valence-electron chi connectivity index (χ3n) is 17.3. The van der Waals surface area contributed by atoms with Gasteiger partial charge in [-0.25, -0.2) is 4.57 Å². The number of carbonyl (C=O) groups is 2. The van der Waals surface area contributed by atoms with Crippen LogP contribution in [0.5, 0.6) is 0 Å². The minimum Gasteiger partial charge on any atom is -0.456 e. The molecular weight excluding hydrogens is 1100 g/mol. The molecule has 0 heterocycles. The summed E-state index contributed by atoms with van der Waals surface area (Å²) in [5, 5.41) is 3.08. The number of phosphoric acid groups is 1. The smallest absolute Gasteiger partial charge is 0.456 e. The van der Waals surface area contributed by atoms with Crippen LogP contribution in [0.3, 0.4) is 0 Å². The van der Waals surface area contributed by atoms with Gasteiger partial charge in [-0.15, -0.1) is 0 Å². The van der Waals surface area contributed by atoms with E-state index in [9.17, 15) is 19.0 Å². The van der Waals surface area contributed by atoms with Crippen molar-refractivity contribution >= 4 is 19.7 Å². The summed E-state index contributed by atoms with van der Waals surface area (Å²) in [7, 11) is 1.51. The molecule has 1 amide bonds.